The molecule has 0 aliphatic rings. The van der Waals surface area contributed by atoms with Crippen LogP contribution in [0.15, 0.2) is 36.4 Å². The van der Waals surface area contributed by atoms with Crippen molar-refractivity contribution in [1.82, 2.24) is 10.2 Å². The van der Waals surface area contributed by atoms with E-state index < -0.39 is 12.5 Å². The molecule has 0 aliphatic heterocycles. The average molecular weight is 280 g/mol. The first-order valence-corrected chi connectivity index (χ1v) is 5.50. The van der Waals surface area contributed by atoms with Crippen LogP contribution >= 0.6 is 0 Å². The van der Waals surface area contributed by atoms with Crippen molar-refractivity contribution in [1.29, 1.82) is 0 Å². The summed E-state index contributed by atoms with van der Waals surface area (Å²) in [5, 5.41) is 9.71. The molecule has 1 aromatic heterocycles. The van der Waals surface area contributed by atoms with E-state index in [0.29, 0.717) is 5.69 Å². The molecule has 8 heteroatoms. The predicted octanol–water partition coefficient (Wildman–Crippen LogP) is 1.91. The number of aromatic nitrogens is 2. The van der Waals surface area contributed by atoms with Crippen molar-refractivity contribution in [2.24, 2.45) is 0 Å². The lowest BCUT2D eigenvalue weighted by Gasteiger charge is -2.07. The number of halogens is 2. The molecule has 1 aromatic carbocycles. The van der Waals surface area contributed by atoms with Gasteiger partial charge in [-0.25, -0.2) is 0 Å². The van der Waals surface area contributed by atoms with Crippen LogP contribution in [-0.2, 0) is 0 Å². The Bertz CT molecular complexity index is 587. The van der Waals surface area contributed by atoms with E-state index in [4.69, 9.17) is 5.73 Å². The van der Waals surface area contributed by atoms with E-state index in [2.05, 4.69) is 20.3 Å². The zero-order valence-corrected chi connectivity index (χ0v) is 10.1. The van der Waals surface area contributed by atoms with Crippen molar-refractivity contribution >= 4 is 17.4 Å². The van der Waals surface area contributed by atoms with Crippen LogP contribution in [0.4, 0.5) is 20.3 Å². The van der Waals surface area contributed by atoms with Crippen molar-refractivity contribution in [3.63, 3.8) is 0 Å². The molecular formula is C12H10F2N4O2. The van der Waals surface area contributed by atoms with Gasteiger partial charge in [-0.1, -0.05) is 0 Å². The summed E-state index contributed by atoms with van der Waals surface area (Å²) in [6.07, 6.45) is 0. The van der Waals surface area contributed by atoms with E-state index in [1.807, 2.05) is 0 Å². The third kappa shape index (κ3) is 3.61. The zero-order chi connectivity index (χ0) is 14.5. The van der Waals surface area contributed by atoms with Crippen LogP contribution in [0, 0.1) is 0 Å². The number of hydrogen-bond acceptors (Lipinski definition) is 5. The Morgan fingerprint density at radius 2 is 1.85 bits per heavy atom. The molecule has 20 heavy (non-hydrogen) atoms. The lowest BCUT2D eigenvalue weighted by atomic mass is 10.3. The standard InChI is InChI=1S/C12H10F2N4O2/c13-12(14)20-8-3-1-7(2-4-8)16-11(19)9-5-6-10(15)18-17-9/h1-6,12H,(H2,15,18)(H,16,19). The Morgan fingerprint density at radius 3 is 2.40 bits per heavy atom. The van der Waals surface area contributed by atoms with E-state index in [1.54, 1.807) is 0 Å². The molecule has 2 aromatic rings. The fraction of sp³-hybridized carbons (Fsp3) is 0.0833. The Hall–Kier alpha value is -2.77. The second kappa shape index (κ2) is 5.91. The van der Waals surface area contributed by atoms with Gasteiger partial charge in [0.25, 0.3) is 5.91 Å². The van der Waals surface area contributed by atoms with Crippen LogP contribution in [-0.4, -0.2) is 22.7 Å². The van der Waals surface area contributed by atoms with Crippen molar-refractivity contribution in [2.45, 2.75) is 6.61 Å². The number of hydrogen-bond donors (Lipinski definition) is 2. The smallest absolute Gasteiger partial charge is 0.387 e. The molecule has 3 N–H and O–H groups in total. The highest BCUT2D eigenvalue weighted by Crippen LogP contribution is 2.18. The summed E-state index contributed by atoms with van der Waals surface area (Å²) >= 11 is 0. The Labute approximate surface area is 112 Å². The minimum atomic E-state index is -2.89. The fourth-order valence-corrected chi connectivity index (χ4v) is 1.38. The number of carbonyl (C=O) groups is 1. The van der Waals surface area contributed by atoms with Gasteiger partial charge in [-0.3, -0.25) is 4.79 Å². The molecule has 1 heterocycles. The van der Waals surface area contributed by atoms with Gasteiger partial charge in [0, 0.05) is 5.69 Å². The van der Waals surface area contributed by atoms with E-state index in [9.17, 15) is 13.6 Å². The average Bonchev–Trinajstić information content (AvgIpc) is 2.41. The van der Waals surface area contributed by atoms with Gasteiger partial charge >= 0.3 is 6.61 Å². The van der Waals surface area contributed by atoms with Gasteiger partial charge in [-0.15, -0.1) is 10.2 Å². The third-order valence-corrected chi connectivity index (χ3v) is 2.26. The molecule has 0 fully saturated rings. The topological polar surface area (TPSA) is 90.1 Å². The van der Waals surface area contributed by atoms with Crippen molar-refractivity contribution in [3.8, 4) is 5.75 Å². The summed E-state index contributed by atoms with van der Waals surface area (Å²) in [4.78, 5) is 11.8. The number of rotatable bonds is 4. The van der Waals surface area contributed by atoms with Crippen molar-refractivity contribution in [3.05, 3.63) is 42.1 Å². The van der Waals surface area contributed by atoms with E-state index >= 15 is 0 Å². The number of nitrogens with one attached hydrogen (secondary N) is 1. The Balaban J connectivity index is 2.02. The Kier molecular flexibility index (Phi) is 4.04. The molecule has 0 radical (unpaired) electrons. The van der Waals surface area contributed by atoms with Crippen LogP contribution in [0.2, 0.25) is 0 Å². The van der Waals surface area contributed by atoms with Crippen LogP contribution < -0.4 is 15.8 Å². The summed E-state index contributed by atoms with van der Waals surface area (Å²) in [6.45, 7) is -2.89. The van der Waals surface area contributed by atoms with Gasteiger partial charge in [0.1, 0.15) is 11.6 Å². The molecule has 0 spiro atoms. The number of benzene rings is 1. The molecule has 0 aliphatic carbocycles. The highest BCUT2D eigenvalue weighted by atomic mass is 19.3. The van der Waals surface area contributed by atoms with Gasteiger partial charge in [-0.2, -0.15) is 8.78 Å². The minimum Gasteiger partial charge on any atom is -0.435 e. The number of carbonyl (C=O) groups excluding carboxylic acids is 1. The normalized spacial score (nSPS) is 10.3. The fourth-order valence-electron chi connectivity index (χ4n) is 1.38. The maximum atomic E-state index is 12.0. The molecule has 1 amide bonds. The largest absolute Gasteiger partial charge is 0.435 e. The molecule has 0 bridgehead atoms. The van der Waals surface area contributed by atoms with Gasteiger partial charge in [0.15, 0.2) is 5.69 Å². The van der Waals surface area contributed by atoms with Crippen LogP contribution in [0.5, 0.6) is 5.75 Å². The Morgan fingerprint density at radius 1 is 1.15 bits per heavy atom. The van der Waals surface area contributed by atoms with Crippen molar-refractivity contribution < 1.29 is 18.3 Å². The van der Waals surface area contributed by atoms with Gasteiger partial charge < -0.3 is 15.8 Å². The molecule has 6 nitrogen and oxygen atoms in total. The van der Waals surface area contributed by atoms with Gasteiger partial charge in [0.2, 0.25) is 0 Å². The summed E-state index contributed by atoms with van der Waals surface area (Å²) in [5.41, 5.74) is 5.86. The monoisotopic (exact) mass is 280 g/mol. The number of amides is 1. The molecule has 0 saturated carbocycles. The molecule has 0 saturated heterocycles. The van der Waals surface area contributed by atoms with Crippen LogP contribution in [0.3, 0.4) is 0 Å². The molecule has 104 valence electrons. The molecular weight excluding hydrogens is 270 g/mol. The minimum absolute atomic E-state index is 0.00488. The van der Waals surface area contributed by atoms with Crippen LogP contribution in [0.25, 0.3) is 0 Å². The summed E-state index contributed by atoms with van der Waals surface area (Å²) < 4.78 is 28.1. The third-order valence-electron chi connectivity index (χ3n) is 2.26. The highest BCUT2D eigenvalue weighted by molar-refractivity contribution is 6.02. The summed E-state index contributed by atoms with van der Waals surface area (Å²) in [6, 6.07) is 8.36. The van der Waals surface area contributed by atoms with E-state index in [0.717, 1.165) is 0 Å². The first-order valence-electron chi connectivity index (χ1n) is 5.50. The predicted molar refractivity (Wildman–Crippen MR) is 67.5 cm³/mol. The second-order valence-electron chi connectivity index (χ2n) is 3.70. The number of anilines is 2. The second-order valence-corrected chi connectivity index (χ2v) is 3.70. The first kappa shape index (κ1) is 13.7. The highest BCUT2D eigenvalue weighted by Gasteiger charge is 2.09. The number of alkyl halides is 2. The summed E-state index contributed by atoms with van der Waals surface area (Å²) in [5.74, 6) is -0.277. The number of nitrogens with zero attached hydrogens (tertiary/aromatic N) is 2. The number of ether oxygens (including phenoxy) is 1. The number of nitrogens with two attached hydrogens (primary N) is 1. The van der Waals surface area contributed by atoms with Gasteiger partial charge in [-0.05, 0) is 36.4 Å². The molecule has 0 unspecified atom stereocenters. The lowest BCUT2D eigenvalue weighted by Crippen LogP contribution is -2.14. The van der Waals surface area contributed by atoms with E-state index in [-0.39, 0.29) is 17.3 Å². The molecule has 0 atom stereocenters. The number of nitrogen functional groups attached to an aromatic ring is 1. The van der Waals surface area contributed by atoms with Gasteiger partial charge in [0.05, 0.1) is 0 Å². The zero-order valence-electron chi connectivity index (χ0n) is 10.1. The van der Waals surface area contributed by atoms with E-state index in [1.165, 1.54) is 36.4 Å². The lowest BCUT2D eigenvalue weighted by molar-refractivity contribution is -0.0498. The quantitative estimate of drug-likeness (QED) is 0.892. The SMILES string of the molecule is Nc1ccc(C(=O)Nc2ccc(OC(F)F)cc2)nn1. The first-order chi connectivity index (χ1) is 9.54. The summed E-state index contributed by atoms with van der Waals surface area (Å²) in [7, 11) is 0. The maximum Gasteiger partial charge on any atom is 0.387 e. The molecule has 2 rings (SSSR count). The van der Waals surface area contributed by atoms with Crippen LogP contribution in [0.1, 0.15) is 10.5 Å². The maximum absolute atomic E-state index is 12.0. The van der Waals surface area contributed by atoms with Crippen molar-refractivity contribution in [2.75, 3.05) is 11.1 Å².